The number of aromatic nitrogens is 2. The van der Waals surface area contributed by atoms with Crippen LogP contribution in [0.5, 0.6) is 0 Å². The van der Waals surface area contributed by atoms with Gasteiger partial charge >= 0.3 is 0 Å². The number of halogens is 1. The highest BCUT2D eigenvalue weighted by Gasteiger charge is 2.12. The van der Waals surface area contributed by atoms with Crippen LogP contribution in [0.4, 0.5) is 11.6 Å². The summed E-state index contributed by atoms with van der Waals surface area (Å²) in [5.41, 5.74) is 1.93. The van der Waals surface area contributed by atoms with Crippen LogP contribution in [-0.4, -0.2) is 21.9 Å². The second kappa shape index (κ2) is 6.67. The Bertz CT molecular complexity index is 658. The molecule has 0 aliphatic heterocycles. The number of carbonyl (C=O) groups is 1. The number of rotatable bonds is 4. The van der Waals surface area contributed by atoms with E-state index in [1.54, 1.807) is 6.07 Å². The van der Waals surface area contributed by atoms with Crippen molar-refractivity contribution in [3.63, 3.8) is 0 Å². The fourth-order valence-electron chi connectivity index (χ4n) is 1.76. The normalized spacial score (nSPS) is 10.5. The third-order valence-corrected chi connectivity index (χ3v) is 3.32. The van der Waals surface area contributed by atoms with Crippen LogP contribution < -0.4 is 10.6 Å². The van der Waals surface area contributed by atoms with Gasteiger partial charge in [0.1, 0.15) is 5.69 Å². The number of nitrogens with zero attached hydrogens (tertiary/aromatic N) is 2. The molecule has 2 aromatic rings. The summed E-state index contributed by atoms with van der Waals surface area (Å²) < 4.78 is 0.906. The van der Waals surface area contributed by atoms with E-state index in [1.165, 1.54) is 0 Å². The standard InChI is InChI=1S/C15H17BrN4O/c1-9(2)17-14(21)13-8-10(3)18-15(20-13)19-12-7-5-4-6-11(12)16/h4-9H,1-3H3,(H,17,21)(H,18,19,20). The zero-order chi connectivity index (χ0) is 15.4. The van der Waals surface area contributed by atoms with E-state index in [0.717, 1.165) is 15.9 Å². The molecule has 21 heavy (non-hydrogen) atoms. The van der Waals surface area contributed by atoms with Crippen LogP contribution >= 0.6 is 15.9 Å². The van der Waals surface area contributed by atoms with Gasteiger partial charge in [-0.05, 0) is 54.9 Å². The average Bonchev–Trinajstić information content (AvgIpc) is 2.40. The molecule has 0 bridgehead atoms. The lowest BCUT2D eigenvalue weighted by Gasteiger charge is -2.11. The molecule has 2 rings (SSSR count). The summed E-state index contributed by atoms with van der Waals surface area (Å²) in [5.74, 6) is 0.196. The van der Waals surface area contributed by atoms with Crippen LogP contribution in [0.3, 0.4) is 0 Å². The zero-order valence-corrected chi connectivity index (χ0v) is 13.7. The molecule has 0 unspecified atom stereocenters. The van der Waals surface area contributed by atoms with Gasteiger partial charge in [-0.2, -0.15) is 0 Å². The van der Waals surface area contributed by atoms with Crippen molar-refractivity contribution in [1.29, 1.82) is 0 Å². The molecule has 1 amide bonds. The van der Waals surface area contributed by atoms with Crippen molar-refractivity contribution < 1.29 is 4.79 Å². The van der Waals surface area contributed by atoms with Crippen molar-refractivity contribution in [1.82, 2.24) is 15.3 Å². The van der Waals surface area contributed by atoms with Crippen molar-refractivity contribution in [2.45, 2.75) is 26.8 Å². The van der Waals surface area contributed by atoms with Crippen molar-refractivity contribution in [2.75, 3.05) is 5.32 Å². The number of hydrogen-bond acceptors (Lipinski definition) is 4. The van der Waals surface area contributed by atoms with E-state index in [-0.39, 0.29) is 11.9 Å². The van der Waals surface area contributed by atoms with Crippen LogP contribution in [0.15, 0.2) is 34.8 Å². The average molecular weight is 349 g/mol. The quantitative estimate of drug-likeness (QED) is 0.888. The zero-order valence-electron chi connectivity index (χ0n) is 12.1. The Morgan fingerprint density at radius 1 is 1.24 bits per heavy atom. The first-order valence-electron chi connectivity index (χ1n) is 6.64. The second-order valence-electron chi connectivity index (χ2n) is 4.95. The Morgan fingerprint density at radius 3 is 2.62 bits per heavy atom. The largest absolute Gasteiger partial charge is 0.349 e. The Hall–Kier alpha value is -1.95. The van der Waals surface area contributed by atoms with Crippen molar-refractivity contribution in [2.24, 2.45) is 0 Å². The highest BCUT2D eigenvalue weighted by molar-refractivity contribution is 9.10. The molecule has 5 nitrogen and oxygen atoms in total. The number of amides is 1. The first-order valence-corrected chi connectivity index (χ1v) is 7.43. The van der Waals surface area contributed by atoms with Gasteiger partial charge in [0, 0.05) is 16.2 Å². The van der Waals surface area contributed by atoms with Gasteiger partial charge < -0.3 is 10.6 Å². The predicted octanol–water partition coefficient (Wildman–Crippen LogP) is 3.43. The van der Waals surface area contributed by atoms with E-state index in [9.17, 15) is 4.79 Å². The Labute approximate surface area is 132 Å². The van der Waals surface area contributed by atoms with E-state index in [2.05, 4.69) is 36.5 Å². The number of nitrogens with one attached hydrogen (secondary N) is 2. The van der Waals surface area contributed by atoms with Gasteiger partial charge in [0.15, 0.2) is 0 Å². The number of anilines is 2. The van der Waals surface area contributed by atoms with Crippen molar-refractivity contribution in [3.05, 3.63) is 46.2 Å². The SMILES string of the molecule is Cc1cc(C(=O)NC(C)C)nc(Nc2ccccc2Br)n1. The summed E-state index contributed by atoms with van der Waals surface area (Å²) in [4.78, 5) is 20.6. The minimum Gasteiger partial charge on any atom is -0.349 e. The van der Waals surface area contributed by atoms with Gasteiger partial charge in [-0.1, -0.05) is 12.1 Å². The predicted molar refractivity (Wildman–Crippen MR) is 86.8 cm³/mol. The fraction of sp³-hybridized carbons (Fsp3) is 0.267. The van der Waals surface area contributed by atoms with Crippen LogP contribution in [0.2, 0.25) is 0 Å². The lowest BCUT2D eigenvalue weighted by atomic mass is 10.3. The van der Waals surface area contributed by atoms with Crippen LogP contribution in [0.25, 0.3) is 0 Å². The molecule has 110 valence electrons. The summed E-state index contributed by atoms with van der Waals surface area (Å²) in [6, 6.07) is 9.40. The van der Waals surface area contributed by atoms with Crippen molar-refractivity contribution in [3.8, 4) is 0 Å². The molecular formula is C15H17BrN4O. The number of hydrogen-bond donors (Lipinski definition) is 2. The Balaban J connectivity index is 2.27. The lowest BCUT2D eigenvalue weighted by Crippen LogP contribution is -2.31. The van der Waals surface area contributed by atoms with Gasteiger partial charge in [0.05, 0.1) is 5.69 Å². The minimum atomic E-state index is -0.203. The van der Waals surface area contributed by atoms with Gasteiger partial charge in [0.25, 0.3) is 5.91 Å². The molecule has 0 radical (unpaired) electrons. The maximum atomic E-state index is 12.0. The topological polar surface area (TPSA) is 66.9 Å². The minimum absolute atomic E-state index is 0.0625. The van der Waals surface area contributed by atoms with E-state index >= 15 is 0 Å². The molecule has 0 saturated carbocycles. The van der Waals surface area contributed by atoms with Crippen molar-refractivity contribution >= 4 is 33.5 Å². The molecular weight excluding hydrogens is 332 g/mol. The molecule has 2 N–H and O–H groups in total. The third-order valence-electron chi connectivity index (χ3n) is 2.63. The Kier molecular flexibility index (Phi) is 4.90. The van der Waals surface area contributed by atoms with Gasteiger partial charge in [-0.25, -0.2) is 9.97 Å². The molecule has 1 aromatic carbocycles. The third kappa shape index (κ3) is 4.26. The molecule has 0 fully saturated rings. The molecule has 0 aliphatic carbocycles. The Morgan fingerprint density at radius 2 is 1.95 bits per heavy atom. The van der Waals surface area contributed by atoms with E-state index in [1.807, 2.05) is 45.0 Å². The van der Waals surface area contributed by atoms with Gasteiger partial charge in [-0.15, -0.1) is 0 Å². The fourth-order valence-corrected chi connectivity index (χ4v) is 2.14. The number of carbonyl (C=O) groups excluding carboxylic acids is 1. The monoisotopic (exact) mass is 348 g/mol. The molecule has 0 atom stereocenters. The highest BCUT2D eigenvalue weighted by atomic mass is 79.9. The van der Waals surface area contributed by atoms with Crippen LogP contribution in [0, 0.1) is 6.92 Å². The lowest BCUT2D eigenvalue weighted by molar-refractivity contribution is 0.0938. The van der Waals surface area contributed by atoms with Gasteiger partial charge in [0.2, 0.25) is 5.95 Å². The van der Waals surface area contributed by atoms with Gasteiger partial charge in [-0.3, -0.25) is 4.79 Å². The van der Waals surface area contributed by atoms with E-state index in [4.69, 9.17) is 0 Å². The molecule has 0 spiro atoms. The summed E-state index contributed by atoms with van der Waals surface area (Å²) in [7, 11) is 0. The number of para-hydroxylation sites is 1. The summed E-state index contributed by atoms with van der Waals surface area (Å²) in [6.07, 6.45) is 0. The highest BCUT2D eigenvalue weighted by Crippen LogP contribution is 2.23. The smallest absolute Gasteiger partial charge is 0.270 e. The van der Waals surface area contributed by atoms with E-state index < -0.39 is 0 Å². The summed E-state index contributed by atoms with van der Waals surface area (Å²) in [6.45, 7) is 5.65. The number of benzene rings is 1. The first-order chi connectivity index (χ1) is 9.95. The van der Waals surface area contributed by atoms with Crippen LogP contribution in [-0.2, 0) is 0 Å². The first kappa shape index (κ1) is 15.4. The van der Waals surface area contributed by atoms with Crippen LogP contribution in [0.1, 0.15) is 30.0 Å². The molecule has 1 aromatic heterocycles. The molecule has 0 saturated heterocycles. The van der Waals surface area contributed by atoms with E-state index in [0.29, 0.717) is 11.6 Å². The molecule has 6 heteroatoms. The summed E-state index contributed by atoms with van der Waals surface area (Å²) >= 11 is 3.46. The molecule has 0 aliphatic rings. The maximum Gasteiger partial charge on any atom is 0.270 e. The number of aryl methyl sites for hydroxylation is 1. The second-order valence-corrected chi connectivity index (χ2v) is 5.81. The maximum absolute atomic E-state index is 12.0. The summed E-state index contributed by atoms with van der Waals surface area (Å²) in [5, 5.41) is 5.93. The molecule has 1 heterocycles.